The average Bonchev–Trinajstić information content (AvgIpc) is 3.12. The van der Waals surface area contributed by atoms with Gasteiger partial charge in [-0.2, -0.15) is 9.40 Å². The zero-order chi connectivity index (χ0) is 19.4. The van der Waals surface area contributed by atoms with Gasteiger partial charge < -0.3 is 4.90 Å². The molecule has 6 nitrogen and oxygen atoms in total. The quantitative estimate of drug-likeness (QED) is 0.629. The Balaban J connectivity index is 1.71. The molecule has 0 N–H and O–H groups in total. The van der Waals surface area contributed by atoms with Crippen molar-refractivity contribution >= 4 is 15.7 Å². The van der Waals surface area contributed by atoms with Crippen molar-refractivity contribution in [3.8, 4) is 0 Å². The Morgan fingerprint density at radius 2 is 1.59 bits per heavy atom. The zero-order valence-electron chi connectivity index (χ0n) is 15.8. The Labute approximate surface area is 160 Å². The highest BCUT2D eigenvalue weighted by Crippen LogP contribution is 2.18. The molecule has 142 valence electrons. The molecule has 0 aliphatic carbocycles. The number of hydrogen-bond donors (Lipinski definition) is 0. The summed E-state index contributed by atoms with van der Waals surface area (Å²) in [6, 6.07) is 17.7. The minimum absolute atomic E-state index is 0.200. The summed E-state index contributed by atoms with van der Waals surface area (Å²) in [5, 5.41) is 4.20. The van der Waals surface area contributed by atoms with Gasteiger partial charge in [-0.15, -0.1) is 0 Å². The molecule has 0 radical (unpaired) electrons. The lowest BCUT2D eigenvalue weighted by atomic mass is 10.2. The highest BCUT2D eigenvalue weighted by atomic mass is 32.2. The van der Waals surface area contributed by atoms with Gasteiger partial charge in [-0.3, -0.25) is 4.68 Å². The zero-order valence-corrected chi connectivity index (χ0v) is 16.6. The average molecular weight is 385 g/mol. The van der Waals surface area contributed by atoms with E-state index in [1.54, 1.807) is 17.9 Å². The van der Waals surface area contributed by atoms with Crippen LogP contribution in [0.5, 0.6) is 0 Å². The van der Waals surface area contributed by atoms with Crippen LogP contribution >= 0.6 is 0 Å². The van der Waals surface area contributed by atoms with E-state index in [4.69, 9.17) is 0 Å². The Bertz CT molecular complexity index is 980. The third-order valence-electron chi connectivity index (χ3n) is 4.36. The number of sulfonamides is 1. The van der Waals surface area contributed by atoms with E-state index in [0.717, 1.165) is 16.8 Å². The fraction of sp³-hybridized carbons (Fsp3) is 0.250. The van der Waals surface area contributed by atoms with Crippen molar-refractivity contribution in [1.82, 2.24) is 14.1 Å². The first-order valence-corrected chi connectivity index (χ1v) is 10.1. The molecule has 3 aromatic rings. The van der Waals surface area contributed by atoms with Gasteiger partial charge in [0.05, 0.1) is 12.7 Å². The molecule has 0 saturated carbocycles. The number of nitrogens with zero attached hydrogens (tertiary/aromatic N) is 4. The summed E-state index contributed by atoms with van der Waals surface area (Å²) in [5.74, 6) is 0. The number of anilines is 1. The van der Waals surface area contributed by atoms with Gasteiger partial charge in [0.15, 0.2) is 0 Å². The molecule has 0 bridgehead atoms. The molecule has 0 atom stereocenters. The van der Waals surface area contributed by atoms with E-state index in [2.05, 4.69) is 5.10 Å². The normalized spacial score (nSPS) is 11.7. The molecule has 27 heavy (non-hydrogen) atoms. The Hall–Kier alpha value is -2.64. The molecule has 0 spiro atoms. The lowest BCUT2D eigenvalue weighted by Crippen LogP contribution is -2.26. The topological polar surface area (TPSA) is 58.4 Å². The van der Waals surface area contributed by atoms with E-state index in [9.17, 15) is 8.42 Å². The first kappa shape index (κ1) is 19.1. The standard InChI is InChI=1S/C20H24N4O2S/c1-22(2)19-11-9-18(10-12-19)14-23(3)27(25,26)20-13-21-24(16-20)15-17-7-5-4-6-8-17/h4-13,16H,14-15H2,1-3H3. The van der Waals surface area contributed by atoms with E-state index in [1.165, 1.54) is 10.5 Å². The third-order valence-corrected chi connectivity index (χ3v) is 6.12. The number of benzene rings is 2. The van der Waals surface area contributed by atoms with Crippen LogP contribution in [-0.2, 0) is 23.1 Å². The van der Waals surface area contributed by atoms with Crippen molar-refractivity contribution in [3.05, 3.63) is 78.1 Å². The first-order valence-electron chi connectivity index (χ1n) is 8.65. The summed E-state index contributed by atoms with van der Waals surface area (Å²) >= 11 is 0. The van der Waals surface area contributed by atoms with Gasteiger partial charge in [-0.1, -0.05) is 42.5 Å². The second-order valence-electron chi connectivity index (χ2n) is 6.68. The maximum atomic E-state index is 12.8. The molecule has 1 heterocycles. The van der Waals surface area contributed by atoms with Crippen LogP contribution in [0.25, 0.3) is 0 Å². The monoisotopic (exact) mass is 384 g/mol. The molecular formula is C20H24N4O2S. The van der Waals surface area contributed by atoms with Crippen molar-refractivity contribution in [1.29, 1.82) is 0 Å². The van der Waals surface area contributed by atoms with E-state index >= 15 is 0 Å². The molecule has 0 aliphatic rings. The Morgan fingerprint density at radius 1 is 0.926 bits per heavy atom. The van der Waals surface area contributed by atoms with Gasteiger partial charge in [-0.25, -0.2) is 8.42 Å². The van der Waals surface area contributed by atoms with Crippen LogP contribution in [0.3, 0.4) is 0 Å². The van der Waals surface area contributed by atoms with Gasteiger partial charge in [0.1, 0.15) is 4.90 Å². The summed E-state index contributed by atoms with van der Waals surface area (Å²) in [6.45, 7) is 0.839. The van der Waals surface area contributed by atoms with Crippen LogP contribution in [-0.4, -0.2) is 43.6 Å². The Morgan fingerprint density at radius 3 is 2.22 bits per heavy atom. The number of aromatic nitrogens is 2. The van der Waals surface area contributed by atoms with Crippen LogP contribution in [0.2, 0.25) is 0 Å². The summed E-state index contributed by atoms with van der Waals surface area (Å²) in [5.41, 5.74) is 3.08. The van der Waals surface area contributed by atoms with Crippen molar-refractivity contribution in [2.75, 3.05) is 26.0 Å². The van der Waals surface area contributed by atoms with Crippen molar-refractivity contribution in [2.24, 2.45) is 0 Å². The SMILES string of the molecule is CN(C)c1ccc(CN(C)S(=O)(=O)c2cnn(Cc3ccccc3)c2)cc1. The summed E-state index contributed by atoms with van der Waals surface area (Å²) in [4.78, 5) is 2.21. The van der Waals surface area contributed by atoms with Crippen LogP contribution in [0.4, 0.5) is 5.69 Å². The largest absolute Gasteiger partial charge is 0.378 e. The minimum atomic E-state index is -3.60. The van der Waals surface area contributed by atoms with E-state index in [-0.39, 0.29) is 4.90 Å². The predicted octanol–water partition coefficient (Wildman–Crippen LogP) is 2.82. The second-order valence-corrected chi connectivity index (χ2v) is 8.73. The molecule has 0 saturated heterocycles. The highest BCUT2D eigenvalue weighted by Gasteiger charge is 2.22. The van der Waals surface area contributed by atoms with Crippen LogP contribution in [0.1, 0.15) is 11.1 Å². The molecule has 7 heteroatoms. The molecule has 1 aromatic heterocycles. The maximum Gasteiger partial charge on any atom is 0.246 e. The van der Waals surface area contributed by atoms with Gasteiger partial charge in [0.25, 0.3) is 0 Å². The van der Waals surface area contributed by atoms with Crippen LogP contribution < -0.4 is 4.90 Å². The predicted molar refractivity (Wildman–Crippen MR) is 107 cm³/mol. The van der Waals surface area contributed by atoms with E-state index < -0.39 is 10.0 Å². The lowest BCUT2D eigenvalue weighted by Gasteiger charge is -2.17. The molecular weight excluding hydrogens is 360 g/mol. The van der Waals surface area contributed by atoms with Crippen LogP contribution in [0.15, 0.2) is 71.9 Å². The maximum absolute atomic E-state index is 12.8. The molecule has 0 unspecified atom stereocenters. The summed E-state index contributed by atoms with van der Waals surface area (Å²) < 4.78 is 28.7. The van der Waals surface area contributed by atoms with E-state index in [1.807, 2.05) is 73.6 Å². The summed E-state index contributed by atoms with van der Waals surface area (Å²) in [7, 11) is 1.93. The van der Waals surface area contributed by atoms with Gasteiger partial charge >= 0.3 is 0 Å². The third kappa shape index (κ3) is 4.56. The molecule has 0 aliphatic heterocycles. The molecule has 0 amide bonds. The van der Waals surface area contributed by atoms with Gasteiger partial charge in [-0.05, 0) is 23.3 Å². The first-order chi connectivity index (χ1) is 12.9. The number of rotatable bonds is 7. The molecule has 3 rings (SSSR count). The fourth-order valence-corrected chi connectivity index (χ4v) is 3.87. The van der Waals surface area contributed by atoms with Gasteiger partial charge in [0.2, 0.25) is 10.0 Å². The summed E-state index contributed by atoms with van der Waals surface area (Å²) in [6.07, 6.45) is 2.98. The smallest absolute Gasteiger partial charge is 0.246 e. The number of hydrogen-bond acceptors (Lipinski definition) is 4. The van der Waals surface area contributed by atoms with Gasteiger partial charge in [0, 0.05) is 39.6 Å². The van der Waals surface area contributed by atoms with E-state index in [0.29, 0.717) is 13.1 Å². The highest BCUT2D eigenvalue weighted by molar-refractivity contribution is 7.89. The minimum Gasteiger partial charge on any atom is -0.378 e. The van der Waals surface area contributed by atoms with Crippen molar-refractivity contribution < 1.29 is 8.42 Å². The van der Waals surface area contributed by atoms with Crippen LogP contribution in [0, 0.1) is 0 Å². The Kier molecular flexibility index (Phi) is 5.62. The lowest BCUT2D eigenvalue weighted by molar-refractivity contribution is 0.466. The molecule has 0 fully saturated rings. The second kappa shape index (κ2) is 7.94. The molecule has 2 aromatic carbocycles. The fourth-order valence-electron chi connectivity index (χ4n) is 2.76. The van der Waals surface area contributed by atoms with Crippen molar-refractivity contribution in [3.63, 3.8) is 0 Å². The van der Waals surface area contributed by atoms with Crippen molar-refractivity contribution in [2.45, 2.75) is 18.0 Å².